The molecule has 0 aliphatic carbocycles. The van der Waals surface area contributed by atoms with Crippen molar-refractivity contribution in [3.63, 3.8) is 0 Å². The maximum atomic E-state index is 12.2. The van der Waals surface area contributed by atoms with Gasteiger partial charge >= 0.3 is 0 Å². The van der Waals surface area contributed by atoms with Crippen molar-refractivity contribution in [3.8, 4) is 6.07 Å². The number of hydrogen-bond acceptors (Lipinski definition) is 6. The van der Waals surface area contributed by atoms with Crippen LogP contribution in [0.15, 0.2) is 41.5 Å². The normalized spacial score (nSPS) is 17.2. The van der Waals surface area contributed by atoms with Crippen LogP contribution < -0.4 is 15.4 Å². The Morgan fingerprint density at radius 3 is 2.88 bits per heavy atom. The maximum absolute atomic E-state index is 12.2. The average molecular weight is 339 g/mol. The fraction of sp³-hybridized carbons (Fsp3) is 0.389. The summed E-state index contributed by atoms with van der Waals surface area (Å²) in [5.74, 6) is 0.420. The molecule has 0 saturated carbocycles. The van der Waals surface area contributed by atoms with E-state index in [1.807, 2.05) is 36.2 Å². The lowest BCUT2D eigenvalue weighted by molar-refractivity contribution is 0.0458. The van der Waals surface area contributed by atoms with Crippen molar-refractivity contribution in [1.29, 1.82) is 5.26 Å². The number of benzene rings is 1. The van der Waals surface area contributed by atoms with Crippen LogP contribution in [-0.2, 0) is 11.8 Å². The summed E-state index contributed by atoms with van der Waals surface area (Å²) in [6.07, 6.45) is 3.24. The van der Waals surface area contributed by atoms with Crippen molar-refractivity contribution < 1.29 is 4.74 Å². The summed E-state index contributed by atoms with van der Waals surface area (Å²) >= 11 is 0. The van der Waals surface area contributed by atoms with Crippen LogP contribution >= 0.6 is 0 Å². The van der Waals surface area contributed by atoms with E-state index >= 15 is 0 Å². The van der Waals surface area contributed by atoms with Crippen molar-refractivity contribution in [2.75, 3.05) is 43.1 Å². The van der Waals surface area contributed by atoms with E-state index in [-0.39, 0.29) is 11.7 Å². The van der Waals surface area contributed by atoms with Gasteiger partial charge in [0.1, 0.15) is 0 Å². The summed E-state index contributed by atoms with van der Waals surface area (Å²) in [5.41, 5.74) is 1.60. The first kappa shape index (κ1) is 17.0. The summed E-state index contributed by atoms with van der Waals surface area (Å²) in [7, 11) is 3.57. The van der Waals surface area contributed by atoms with Gasteiger partial charge in [0.2, 0.25) is 0 Å². The minimum absolute atomic E-state index is 0.0268. The molecule has 0 spiro atoms. The van der Waals surface area contributed by atoms with Crippen LogP contribution in [0.3, 0.4) is 0 Å². The Balaban J connectivity index is 1.68. The van der Waals surface area contributed by atoms with Crippen LogP contribution in [0.2, 0.25) is 0 Å². The Morgan fingerprint density at radius 1 is 1.40 bits per heavy atom. The molecule has 1 aliphatic heterocycles. The molecule has 1 aliphatic rings. The maximum Gasteiger partial charge on any atom is 0.293 e. The van der Waals surface area contributed by atoms with E-state index in [2.05, 4.69) is 16.0 Å². The zero-order valence-electron chi connectivity index (χ0n) is 14.4. The number of morpholine rings is 1. The van der Waals surface area contributed by atoms with E-state index in [1.54, 1.807) is 19.4 Å². The topological polar surface area (TPSA) is 74.4 Å². The summed E-state index contributed by atoms with van der Waals surface area (Å²) in [4.78, 5) is 20.5. The molecule has 0 amide bonds. The molecule has 1 fully saturated rings. The molecule has 0 radical (unpaired) electrons. The smallest absolute Gasteiger partial charge is 0.293 e. The molecule has 1 aromatic carbocycles. The number of hydrogen-bond donors (Lipinski definition) is 0. The van der Waals surface area contributed by atoms with E-state index in [1.165, 1.54) is 4.57 Å². The van der Waals surface area contributed by atoms with Crippen LogP contribution in [0.25, 0.3) is 0 Å². The second-order valence-corrected chi connectivity index (χ2v) is 6.14. The summed E-state index contributed by atoms with van der Waals surface area (Å²) in [5, 5.41) is 8.91. The Kier molecular flexibility index (Phi) is 5.00. The van der Waals surface area contributed by atoms with Crippen molar-refractivity contribution in [2.24, 2.45) is 7.05 Å². The van der Waals surface area contributed by atoms with Crippen molar-refractivity contribution in [2.45, 2.75) is 6.10 Å². The highest BCUT2D eigenvalue weighted by Gasteiger charge is 2.23. The Labute approximate surface area is 146 Å². The summed E-state index contributed by atoms with van der Waals surface area (Å²) in [6, 6.07) is 9.69. The summed E-state index contributed by atoms with van der Waals surface area (Å²) < 4.78 is 7.38. The van der Waals surface area contributed by atoms with E-state index in [4.69, 9.17) is 10.00 Å². The third-order valence-electron chi connectivity index (χ3n) is 4.34. The van der Waals surface area contributed by atoms with Gasteiger partial charge in [0.25, 0.3) is 5.56 Å². The third-order valence-corrected chi connectivity index (χ3v) is 4.34. The van der Waals surface area contributed by atoms with E-state index in [0.29, 0.717) is 24.5 Å². The van der Waals surface area contributed by atoms with Crippen molar-refractivity contribution >= 4 is 11.5 Å². The fourth-order valence-corrected chi connectivity index (χ4v) is 2.95. The van der Waals surface area contributed by atoms with Gasteiger partial charge in [-0.15, -0.1) is 0 Å². The highest BCUT2D eigenvalue weighted by Crippen LogP contribution is 2.19. The molecule has 130 valence electrons. The molecule has 7 nitrogen and oxygen atoms in total. The first-order chi connectivity index (χ1) is 12.1. The minimum atomic E-state index is -0.121. The number of nitrogens with zero attached hydrogens (tertiary/aromatic N) is 5. The Hall–Kier alpha value is -2.85. The van der Waals surface area contributed by atoms with Crippen LogP contribution in [0.5, 0.6) is 0 Å². The Morgan fingerprint density at radius 2 is 2.16 bits per heavy atom. The number of nitriles is 1. The predicted octanol–water partition coefficient (Wildman–Crippen LogP) is 0.994. The SMILES string of the molecule is CN(C[C@H]1CN(c2ccc(C#N)cc2)CCO1)c1nccn(C)c1=O. The molecule has 7 heteroatoms. The molecule has 2 aromatic rings. The van der Waals surface area contributed by atoms with Gasteiger partial charge < -0.3 is 19.1 Å². The number of aryl methyl sites for hydroxylation is 1. The van der Waals surface area contributed by atoms with Gasteiger partial charge in [0, 0.05) is 51.8 Å². The first-order valence-corrected chi connectivity index (χ1v) is 8.18. The highest BCUT2D eigenvalue weighted by atomic mass is 16.5. The van der Waals surface area contributed by atoms with Crippen LogP contribution in [-0.4, -0.2) is 48.9 Å². The van der Waals surface area contributed by atoms with Gasteiger partial charge in [-0.25, -0.2) is 4.98 Å². The molecule has 0 bridgehead atoms. The number of ether oxygens (including phenoxy) is 1. The molecule has 1 atom stereocenters. The molecule has 1 aromatic heterocycles. The lowest BCUT2D eigenvalue weighted by Gasteiger charge is -2.36. The molecule has 1 saturated heterocycles. The van der Waals surface area contributed by atoms with Crippen LogP contribution in [0.4, 0.5) is 11.5 Å². The third kappa shape index (κ3) is 3.80. The van der Waals surface area contributed by atoms with Gasteiger partial charge in [-0.05, 0) is 24.3 Å². The predicted molar refractivity (Wildman–Crippen MR) is 95.9 cm³/mol. The number of aromatic nitrogens is 2. The molecule has 0 N–H and O–H groups in total. The standard InChI is InChI=1S/C18H21N5O2/c1-21-8-7-20-17(18(21)24)22(2)12-16-13-23(9-10-25-16)15-5-3-14(11-19)4-6-15/h3-8,16H,9-10,12-13H2,1-2H3/t16-/m0/s1. The second kappa shape index (κ2) is 7.36. The molecule has 0 unspecified atom stereocenters. The van der Waals surface area contributed by atoms with Gasteiger partial charge in [0.05, 0.1) is 24.3 Å². The van der Waals surface area contributed by atoms with Crippen molar-refractivity contribution in [3.05, 3.63) is 52.6 Å². The molecule has 2 heterocycles. The van der Waals surface area contributed by atoms with Gasteiger partial charge in [-0.1, -0.05) is 0 Å². The number of rotatable bonds is 4. The quantitative estimate of drug-likeness (QED) is 0.827. The minimum Gasteiger partial charge on any atom is -0.373 e. The Bertz CT molecular complexity index is 825. The number of anilines is 2. The average Bonchev–Trinajstić information content (AvgIpc) is 2.64. The lowest BCUT2D eigenvalue weighted by Crippen LogP contribution is -2.48. The second-order valence-electron chi connectivity index (χ2n) is 6.14. The molecule has 3 rings (SSSR count). The largest absolute Gasteiger partial charge is 0.373 e. The first-order valence-electron chi connectivity index (χ1n) is 8.18. The van der Waals surface area contributed by atoms with Crippen LogP contribution in [0, 0.1) is 11.3 Å². The number of likely N-dealkylation sites (N-methyl/N-ethyl adjacent to an activating group) is 1. The fourth-order valence-electron chi connectivity index (χ4n) is 2.95. The lowest BCUT2D eigenvalue weighted by atomic mass is 10.2. The van der Waals surface area contributed by atoms with Crippen LogP contribution in [0.1, 0.15) is 5.56 Å². The van der Waals surface area contributed by atoms with E-state index in [0.717, 1.165) is 18.8 Å². The van der Waals surface area contributed by atoms with Gasteiger partial charge in [-0.2, -0.15) is 5.26 Å². The monoisotopic (exact) mass is 339 g/mol. The zero-order valence-corrected chi connectivity index (χ0v) is 14.4. The molecular formula is C18H21N5O2. The molecular weight excluding hydrogens is 318 g/mol. The van der Waals surface area contributed by atoms with E-state index < -0.39 is 0 Å². The highest BCUT2D eigenvalue weighted by molar-refractivity contribution is 5.50. The summed E-state index contributed by atoms with van der Waals surface area (Å²) in [6.45, 7) is 2.73. The van der Waals surface area contributed by atoms with E-state index in [9.17, 15) is 4.79 Å². The van der Waals surface area contributed by atoms with Crippen molar-refractivity contribution in [1.82, 2.24) is 9.55 Å². The van der Waals surface area contributed by atoms with Gasteiger partial charge in [-0.3, -0.25) is 4.79 Å². The van der Waals surface area contributed by atoms with Gasteiger partial charge in [0.15, 0.2) is 5.82 Å². The zero-order chi connectivity index (χ0) is 17.8. The molecule has 25 heavy (non-hydrogen) atoms.